The number of carbonyl (C=O) groups excluding carboxylic acids is 1. The Balaban J connectivity index is 1.76. The van der Waals surface area contributed by atoms with Gasteiger partial charge in [0.15, 0.2) is 0 Å². The Morgan fingerprint density at radius 3 is 2.68 bits per heavy atom. The Morgan fingerprint density at radius 1 is 1.42 bits per heavy atom. The van der Waals surface area contributed by atoms with Crippen LogP contribution in [0.15, 0.2) is 0 Å². The topological polar surface area (TPSA) is 93.1 Å². The molecule has 2 unspecified atom stereocenters. The van der Waals surface area contributed by atoms with E-state index in [2.05, 4.69) is 10.2 Å². The minimum absolute atomic E-state index is 0.0846. The molecule has 1 saturated heterocycles. The maximum absolute atomic E-state index is 11.9. The summed E-state index contributed by atoms with van der Waals surface area (Å²) in [6, 6.07) is -0.693. The van der Waals surface area contributed by atoms with Gasteiger partial charge in [-0.3, -0.25) is 0 Å². The predicted octanol–water partition coefficient (Wildman–Crippen LogP) is -0.690. The average molecular weight is 271 g/mol. The molecule has 108 valence electrons. The van der Waals surface area contributed by atoms with Gasteiger partial charge in [-0.05, 0) is 19.9 Å². The van der Waals surface area contributed by atoms with E-state index >= 15 is 0 Å². The Bertz CT molecular complexity index is 359. The summed E-state index contributed by atoms with van der Waals surface area (Å²) in [5.74, 6) is -1.07. The molecule has 0 radical (unpaired) electrons. The van der Waals surface area contributed by atoms with E-state index in [9.17, 15) is 14.7 Å². The molecule has 2 amide bonds. The lowest BCUT2D eigenvalue weighted by Crippen LogP contribution is -2.47. The number of rotatable bonds is 5. The summed E-state index contributed by atoms with van der Waals surface area (Å²) in [5, 5.41) is 21.2. The lowest BCUT2D eigenvalue weighted by atomic mass is 10.2. The van der Waals surface area contributed by atoms with Crippen molar-refractivity contribution < 1.29 is 19.8 Å². The highest BCUT2D eigenvalue weighted by Gasteiger charge is 2.38. The molecule has 19 heavy (non-hydrogen) atoms. The normalized spacial score (nSPS) is 26.8. The van der Waals surface area contributed by atoms with Crippen LogP contribution in [0.25, 0.3) is 0 Å². The number of likely N-dealkylation sites (N-methyl/N-ethyl adjacent to an activating group) is 1. The van der Waals surface area contributed by atoms with Gasteiger partial charge >= 0.3 is 12.0 Å². The van der Waals surface area contributed by atoms with Crippen LogP contribution in [0.5, 0.6) is 0 Å². The molecule has 2 atom stereocenters. The van der Waals surface area contributed by atoms with Gasteiger partial charge in [0.05, 0.1) is 6.10 Å². The van der Waals surface area contributed by atoms with Crippen molar-refractivity contribution in [2.45, 2.75) is 37.5 Å². The summed E-state index contributed by atoms with van der Waals surface area (Å²) in [7, 11) is 2.02. The van der Waals surface area contributed by atoms with Crippen molar-refractivity contribution in [3.05, 3.63) is 0 Å². The molecule has 1 saturated carbocycles. The number of amides is 2. The van der Waals surface area contributed by atoms with Crippen LogP contribution in [0.2, 0.25) is 0 Å². The van der Waals surface area contributed by atoms with Gasteiger partial charge in [-0.2, -0.15) is 0 Å². The lowest BCUT2D eigenvalue weighted by Gasteiger charge is -2.22. The summed E-state index contributed by atoms with van der Waals surface area (Å²) in [6.45, 7) is 1.33. The molecule has 7 heteroatoms. The monoisotopic (exact) mass is 271 g/mol. The first-order chi connectivity index (χ1) is 8.99. The molecule has 0 aromatic heterocycles. The second-order valence-electron chi connectivity index (χ2n) is 5.34. The molecule has 0 spiro atoms. The quantitative estimate of drug-likeness (QED) is 0.615. The molecule has 3 N–H and O–H groups in total. The number of hydrogen-bond donors (Lipinski definition) is 3. The minimum Gasteiger partial charge on any atom is -0.480 e. The fraction of sp³-hybridized carbons (Fsp3) is 0.833. The molecule has 1 aliphatic carbocycles. The smallest absolute Gasteiger partial charge is 0.326 e. The molecule has 2 aliphatic rings. The number of hydrogen-bond acceptors (Lipinski definition) is 4. The number of nitrogens with one attached hydrogen (secondary N) is 1. The van der Waals surface area contributed by atoms with E-state index < -0.39 is 24.1 Å². The number of urea groups is 1. The van der Waals surface area contributed by atoms with E-state index in [0.717, 1.165) is 6.54 Å². The summed E-state index contributed by atoms with van der Waals surface area (Å²) in [6.07, 6.45) is 1.78. The third kappa shape index (κ3) is 3.57. The van der Waals surface area contributed by atoms with Crippen molar-refractivity contribution in [3.8, 4) is 0 Å². The predicted molar refractivity (Wildman–Crippen MR) is 67.8 cm³/mol. The van der Waals surface area contributed by atoms with Crippen molar-refractivity contribution in [1.82, 2.24) is 15.1 Å². The second-order valence-corrected chi connectivity index (χ2v) is 5.34. The number of aliphatic hydroxyl groups excluding tert-OH is 1. The van der Waals surface area contributed by atoms with Crippen LogP contribution in [0, 0.1) is 0 Å². The molecule has 2 rings (SSSR count). The molecule has 0 aromatic carbocycles. The Kier molecular flexibility index (Phi) is 4.26. The Morgan fingerprint density at radius 2 is 2.11 bits per heavy atom. The van der Waals surface area contributed by atoms with Crippen molar-refractivity contribution in [3.63, 3.8) is 0 Å². The first-order valence-corrected chi connectivity index (χ1v) is 6.64. The Hall–Kier alpha value is -1.34. The summed E-state index contributed by atoms with van der Waals surface area (Å²) in [5.41, 5.74) is 0. The Labute approximate surface area is 112 Å². The summed E-state index contributed by atoms with van der Waals surface area (Å²) < 4.78 is 0. The van der Waals surface area contributed by atoms with E-state index in [0.29, 0.717) is 12.6 Å². The van der Waals surface area contributed by atoms with Gasteiger partial charge in [-0.25, -0.2) is 9.59 Å². The van der Waals surface area contributed by atoms with Crippen molar-refractivity contribution in [2.24, 2.45) is 0 Å². The van der Waals surface area contributed by atoms with Crippen LogP contribution < -0.4 is 5.32 Å². The number of carboxylic acid groups (broad SMARTS) is 1. The third-order valence-electron chi connectivity index (χ3n) is 3.74. The largest absolute Gasteiger partial charge is 0.480 e. The maximum atomic E-state index is 11.9. The second kappa shape index (κ2) is 5.75. The highest BCUT2D eigenvalue weighted by atomic mass is 16.4. The van der Waals surface area contributed by atoms with Gasteiger partial charge in [0.25, 0.3) is 0 Å². The number of likely N-dealkylation sites (tertiary alicyclic amines) is 1. The standard InChI is InChI=1S/C12H21N3O4/c1-14(8-2-3-8)5-4-13-12(19)15-7-9(16)6-10(15)11(17)18/h8-10,16H,2-7H2,1H3,(H,13,19)(H,17,18). The lowest BCUT2D eigenvalue weighted by molar-refractivity contribution is -0.141. The van der Waals surface area contributed by atoms with Gasteiger partial charge in [0.2, 0.25) is 0 Å². The maximum Gasteiger partial charge on any atom is 0.326 e. The van der Waals surface area contributed by atoms with Crippen LogP contribution >= 0.6 is 0 Å². The van der Waals surface area contributed by atoms with Crippen LogP contribution in [0.4, 0.5) is 4.79 Å². The third-order valence-corrected chi connectivity index (χ3v) is 3.74. The van der Waals surface area contributed by atoms with E-state index in [1.54, 1.807) is 0 Å². The molecule has 1 heterocycles. The van der Waals surface area contributed by atoms with Gasteiger partial charge in [0.1, 0.15) is 6.04 Å². The zero-order valence-corrected chi connectivity index (χ0v) is 11.1. The van der Waals surface area contributed by atoms with Crippen LogP contribution in [0.1, 0.15) is 19.3 Å². The highest BCUT2D eigenvalue weighted by molar-refractivity contribution is 5.83. The SMILES string of the molecule is CN(CCNC(=O)N1CC(O)CC1C(=O)O)C1CC1. The first-order valence-electron chi connectivity index (χ1n) is 6.64. The minimum atomic E-state index is -1.07. The number of aliphatic carboxylic acids is 1. The molecule has 1 aliphatic heterocycles. The number of β-amino-alcohol motifs (C(OH)–C–C–N with tert-alkyl or cyclic N) is 1. The molecule has 7 nitrogen and oxygen atoms in total. The van der Waals surface area contributed by atoms with Crippen molar-refractivity contribution in [2.75, 3.05) is 26.7 Å². The average Bonchev–Trinajstić information content (AvgIpc) is 3.11. The van der Waals surface area contributed by atoms with Crippen LogP contribution in [-0.4, -0.2) is 76.9 Å². The molecular weight excluding hydrogens is 250 g/mol. The fourth-order valence-corrected chi connectivity index (χ4v) is 2.41. The van der Waals surface area contributed by atoms with Crippen LogP contribution in [-0.2, 0) is 4.79 Å². The van der Waals surface area contributed by atoms with E-state index in [4.69, 9.17) is 5.11 Å². The molecular formula is C12H21N3O4. The summed E-state index contributed by atoms with van der Waals surface area (Å²) >= 11 is 0. The van der Waals surface area contributed by atoms with E-state index in [1.807, 2.05) is 7.05 Å². The number of carbonyl (C=O) groups is 2. The van der Waals surface area contributed by atoms with Gasteiger partial charge in [-0.15, -0.1) is 0 Å². The van der Waals surface area contributed by atoms with Gasteiger partial charge in [-0.1, -0.05) is 0 Å². The molecule has 0 bridgehead atoms. The number of aliphatic hydroxyl groups is 1. The highest BCUT2D eigenvalue weighted by Crippen LogP contribution is 2.24. The zero-order valence-electron chi connectivity index (χ0n) is 11.1. The zero-order chi connectivity index (χ0) is 14.0. The van der Waals surface area contributed by atoms with Gasteiger partial charge in [0, 0.05) is 32.1 Å². The fourth-order valence-electron chi connectivity index (χ4n) is 2.41. The van der Waals surface area contributed by atoms with E-state index in [-0.39, 0.29) is 13.0 Å². The molecule has 2 fully saturated rings. The number of carboxylic acids is 1. The number of nitrogens with zero attached hydrogens (tertiary/aromatic N) is 2. The van der Waals surface area contributed by atoms with Gasteiger partial charge < -0.3 is 25.3 Å². The summed E-state index contributed by atoms with van der Waals surface area (Å²) in [4.78, 5) is 26.3. The van der Waals surface area contributed by atoms with Crippen molar-refractivity contribution >= 4 is 12.0 Å². The van der Waals surface area contributed by atoms with E-state index in [1.165, 1.54) is 17.7 Å². The van der Waals surface area contributed by atoms with Crippen LogP contribution in [0.3, 0.4) is 0 Å². The molecule has 0 aromatic rings. The first kappa shape index (κ1) is 14.1. The van der Waals surface area contributed by atoms with Crippen molar-refractivity contribution in [1.29, 1.82) is 0 Å².